The highest BCUT2D eigenvalue weighted by molar-refractivity contribution is 9.08. The van der Waals surface area contributed by atoms with Gasteiger partial charge in [-0.05, 0) is 19.1 Å². The van der Waals surface area contributed by atoms with Crippen molar-refractivity contribution >= 4 is 21.9 Å². The van der Waals surface area contributed by atoms with Gasteiger partial charge in [0.15, 0.2) is 0 Å². The zero-order valence-corrected chi connectivity index (χ0v) is 10.2. The molecular weight excluding hydrogens is 277 g/mol. The van der Waals surface area contributed by atoms with E-state index >= 15 is 0 Å². The predicted molar refractivity (Wildman–Crippen MR) is 59.7 cm³/mol. The second-order valence-electron chi connectivity index (χ2n) is 2.91. The molecule has 0 aliphatic heterocycles. The van der Waals surface area contributed by atoms with Gasteiger partial charge in [0.25, 0.3) is 0 Å². The Labute approximate surface area is 101 Å². The summed E-state index contributed by atoms with van der Waals surface area (Å²) in [5.74, 6) is -1.12. The van der Waals surface area contributed by atoms with Gasteiger partial charge < -0.3 is 4.74 Å². The van der Waals surface area contributed by atoms with Crippen molar-refractivity contribution < 1.29 is 13.9 Å². The van der Waals surface area contributed by atoms with Crippen LogP contribution in [0.4, 0.5) is 4.39 Å². The number of rotatable bonds is 3. The third kappa shape index (κ3) is 2.39. The summed E-state index contributed by atoms with van der Waals surface area (Å²) in [5, 5.41) is 9.10. The van der Waals surface area contributed by atoms with E-state index in [-0.39, 0.29) is 28.6 Å². The number of nitriles is 1. The van der Waals surface area contributed by atoms with Crippen LogP contribution < -0.4 is 0 Å². The van der Waals surface area contributed by atoms with Gasteiger partial charge in [0.1, 0.15) is 11.9 Å². The summed E-state index contributed by atoms with van der Waals surface area (Å²) in [6.45, 7) is 1.88. The molecule has 0 aromatic heterocycles. The van der Waals surface area contributed by atoms with Crippen LogP contribution >= 0.6 is 15.9 Å². The molecule has 84 valence electrons. The fourth-order valence-electron chi connectivity index (χ4n) is 1.26. The van der Waals surface area contributed by atoms with Crippen LogP contribution in [0.2, 0.25) is 0 Å². The van der Waals surface area contributed by atoms with E-state index in [1.807, 2.05) is 6.07 Å². The molecule has 0 radical (unpaired) electrons. The number of hydrogen-bond acceptors (Lipinski definition) is 3. The smallest absolute Gasteiger partial charge is 0.339 e. The van der Waals surface area contributed by atoms with E-state index in [0.717, 1.165) is 6.07 Å². The minimum absolute atomic E-state index is 0.0234. The van der Waals surface area contributed by atoms with Crippen LogP contribution in [0.1, 0.15) is 28.4 Å². The Kier molecular flexibility index (Phi) is 4.44. The van der Waals surface area contributed by atoms with Gasteiger partial charge in [0.05, 0.1) is 17.7 Å². The molecule has 0 amide bonds. The summed E-state index contributed by atoms with van der Waals surface area (Å²) < 4.78 is 18.1. The average Bonchev–Trinajstić information content (AvgIpc) is 2.28. The van der Waals surface area contributed by atoms with Crippen LogP contribution in [0, 0.1) is 17.1 Å². The quantitative estimate of drug-likeness (QED) is 0.634. The van der Waals surface area contributed by atoms with E-state index < -0.39 is 11.8 Å². The lowest BCUT2D eigenvalue weighted by Crippen LogP contribution is -2.09. The summed E-state index contributed by atoms with van der Waals surface area (Å²) in [5.41, 5.74) is 0.295. The monoisotopic (exact) mass is 285 g/mol. The highest BCUT2D eigenvalue weighted by Crippen LogP contribution is 2.21. The van der Waals surface area contributed by atoms with E-state index in [4.69, 9.17) is 10.00 Å². The standard InChI is InChI=1S/C11H9BrFNO2/c1-2-16-11(15)7-3-4-10(13)8(5-12)9(7)6-14/h3-4H,2,5H2,1H3. The first kappa shape index (κ1) is 12.7. The van der Waals surface area contributed by atoms with Crippen LogP contribution in [-0.2, 0) is 10.1 Å². The summed E-state index contributed by atoms with van der Waals surface area (Å²) in [4.78, 5) is 11.5. The number of carbonyl (C=O) groups is 1. The Morgan fingerprint density at radius 3 is 2.81 bits per heavy atom. The van der Waals surface area contributed by atoms with Gasteiger partial charge in [0.2, 0.25) is 0 Å². The fourth-order valence-corrected chi connectivity index (χ4v) is 1.81. The first-order valence-electron chi connectivity index (χ1n) is 4.60. The highest BCUT2D eigenvalue weighted by atomic mass is 79.9. The van der Waals surface area contributed by atoms with Gasteiger partial charge in [-0.2, -0.15) is 5.26 Å². The number of halogens is 2. The highest BCUT2D eigenvalue weighted by Gasteiger charge is 2.18. The second kappa shape index (κ2) is 5.61. The molecule has 0 saturated heterocycles. The lowest BCUT2D eigenvalue weighted by molar-refractivity contribution is 0.0526. The van der Waals surface area contributed by atoms with E-state index in [1.165, 1.54) is 6.07 Å². The Morgan fingerprint density at radius 2 is 2.31 bits per heavy atom. The Hall–Kier alpha value is -1.41. The normalized spacial score (nSPS) is 9.62. The summed E-state index contributed by atoms with van der Waals surface area (Å²) in [7, 11) is 0. The van der Waals surface area contributed by atoms with Gasteiger partial charge in [-0.25, -0.2) is 9.18 Å². The van der Waals surface area contributed by atoms with Gasteiger partial charge in [-0.3, -0.25) is 0 Å². The lowest BCUT2D eigenvalue weighted by atomic mass is 10.0. The maximum atomic E-state index is 13.3. The third-order valence-corrected chi connectivity index (χ3v) is 2.56. The molecule has 0 bridgehead atoms. The van der Waals surface area contributed by atoms with E-state index in [9.17, 15) is 9.18 Å². The second-order valence-corrected chi connectivity index (χ2v) is 3.48. The van der Waals surface area contributed by atoms with Gasteiger partial charge in [-0.1, -0.05) is 15.9 Å². The van der Waals surface area contributed by atoms with Gasteiger partial charge >= 0.3 is 5.97 Å². The van der Waals surface area contributed by atoms with Crippen molar-refractivity contribution in [1.29, 1.82) is 5.26 Å². The first-order chi connectivity index (χ1) is 7.65. The maximum Gasteiger partial charge on any atom is 0.339 e. The predicted octanol–water partition coefficient (Wildman–Crippen LogP) is 2.77. The Balaban J connectivity index is 3.31. The summed E-state index contributed by atoms with van der Waals surface area (Å²) in [6.07, 6.45) is 0. The topological polar surface area (TPSA) is 50.1 Å². The molecule has 1 aromatic carbocycles. The number of benzene rings is 1. The number of nitrogens with zero attached hydrogens (tertiary/aromatic N) is 1. The number of hydrogen-bond donors (Lipinski definition) is 0. The van der Waals surface area contributed by atoms with Crippen LogP contribution in [0.15, 0.2) is 12.1 Å². The SMILES string of the molecule is CCOC(=O)c1ccc(F)c(CBr)c1C#N. The van der Waals surface area contributed by atoms with E-state index in [2.05, 4.69) is 15.9 Å². The van der Waals surface area contributed by atoms with Crippen molar-refractivity contribution in [3.8, 4) is 6.07 Å². The fraction of sp³-hybridized carbons (Fsp3) is 0.273. The minimum atomic E-state index is -0.610. The molecule has 0 atom stereocenters. The van der Waals surface area contributed by atoms with Crippen molar-refractivity contribution in [3.05, 3.63) is 34.6 Å². The molecule has 1 rings (SSSR count). The van der Waals surface area contributed by atoms with Crippen LogP contribution in [-0.4, -0.2) is 12.6 Å². The maximum absolute atomic E-state index is 13.3. The van der Waals surface area contributed by atoms with Crippen LogP contribution in [0.5, 0.6) is 0 Å². The molecule has 0 aliphatic rings. The molecule has 1 aromatic rings. The number of esters is 1. The van der Waals surface area contributed by atoms with Crippen molar-refractivity contribution in [3.63, 3.8) is 0 Å². The van der Waals surface area contributed by atoms with Crippen LogP contribution in [0.25, 0.3) is 0 Å². The lowest BCUT2D eigenvalue weighted by Gasteiger charge is -2.07. The molecule has 0 aliphatic carbocycles. The summed E-state index contributed by atoms with van der Waals surface area (Å²) in [6, 6.07) is 4.24. The number of alkyl halides is 1. The minimum Gasteiger partial charge on any atom is -0.462 e. The molecule has 0 fully saturated rings. The van der Waals surface area contributed by atoms with Gasteiger partial charge in [0, 0.05) is 10.9 Å². The van der Waals surface area contributed by atoms with Crippen molar-refractivity contribution in [2.24, 2.45) is 0 Å². The number of ether oxygens (including phenoxy) is 1. The van der Waals surface area contributed by atoms with E-state index in [0.29, 0.717) is 0 Å². The molecule has 5 heteroatoms. The average molecular weight is 286 g/mol. The number of carbonyl (C=O) groups excluding carboxylic acids is 1. The van der Waals surface area contributed by atoms with Crippen molar-refractivity contribution in [2.45, 2.75) is 12.3 Å². The molecule has 16 heavy (non-hydrogen) atoms. The molecule has 0 heterocycles. The van der Waals surface area contributed by atoms with Crippen molar-refractivity contribution in [2.75, 3.05) is 6.61 Å². The van der Waals surface area contributed by atoms with Gasteiger partial charge in [-0.15, -0.1) is 0 Å². The molecule has 0 N–H and O–H groups in total. The molecule has 0 unspecified atom stereocenters. The third-order valence-electron chi connectivity index (χ3n) is 2.00. The van der Waals surface area contributed by atoms with Crippen LogP contribution in [0.3, 0.4) is 0 Å². The molecular formula is C11H9BrFNO2. The molecule has 0 saturated carbocycles. The Morgan fingerprint density at radius 1 is 1.62 bits per heavy atom. The Bertz CT molecular complexity index is 454. The molecule has 0 spiro atoms. The first-order valence-corrected chi connectivity index (χ1v) is 5.72. The molecule has 3 nitrogen and oxygen atoms in total. The zero-order chi connectivity index (χ0) is 12.1. The van der Waals surface area contributed by atoms with Crippen molar-refractivity contribution in [1.82, 2.24) is 0 Å². The summed E-state index contributed by atoms with van der Waals surface area (Å²) >= 11 is 3.08. The van der Waals surface area contributed by atoms with E-state index in [1.54, 1.807) is 6.92 Å². The zero-order valence-electron chi connectivity index (χ0n) is 8.59. The largest absolute Gasteiger partial charge is 0.462 e.